The van der Waals surface area contributed by atoms with Gasteiger partial charge in [0.15, 0.2) is 0 Å². The molecule has 3 rings (SSSR count). The lowest BCUT2D eigenvalue weighted by Gasteiger charge is -2.33. The van der Waals surface area contributed by atoms with Gasteiger partial charge in [0.25, 0.3) is 0 Å². The van der Waals surface area contributed by atoms with Crippen molar-refractivity contribution in [3.05, 3.63) is 30.0 Å². The third-order valence-corrected chi connectivity index (χ3v) is 5.13. The minimum Gasteiger partial charge on any atom is -0.271 e. The summed E-state index contributed by atoms with van der Waals surface area (Å²) in [6, 6.07) is 8.57. The van der Waals surface area contributed by atoms with Gasteiger partial charge in [0.05, 0.1) is 17.3 Å². The van der Waals surface area contributed by atoms with Crippen molar-refractivity contribution < 1.29 is 0 Å². The van der Waals surface area contributed by atoms with Crippen molar-refractivity contribution >= 4 is 10.9 Å². The lowest BCUT2D eigenvalue weighted by molar-refractivity contribution is 0.208. The third kappa shape index (κ3) is 2.70. The Hall–Kier alpha value is -1.39. The van der Waals surface area contributed by atoms with Crippen molar-refractivity contribution in [1.82, 2.24) is 15.2 Å². The van der Waals surface area contributed by atoms with Gasteiger partial charge in [-0.25, -0.2) is 0 Å². The summed E-state index contributed by atoms with van der Waals surface area (Å²) in [5.41, 5.74) is 5.35. The van der Waals surface area contributed by atoms with Crippen LogP contribution in [-0.2, 0) is 7.05 Å². The molecule has 1 aliphatic rings. The Morgan fingerprint density at radius 1 is 1.38 bits per heavy atom. The Kier molecular flexibility index (Phi) is 4.27. The van der Waals surface area contributed by atoms with Gasteiger partial charge in [-0.15, -0.1) is 0 Å². The minimum absolute atomic E-state index is 0.158. The molecule has 0 amide bonds. The minimum atomic E-state index is 0.158. The molecule has 1 saturated carbocycles. The number of hydrogen-bond donors (Lipinski definition) is 2. The summed E-state index contributed by atoms with van der Waals surface area (Å²) >= 11 is 0. The van der Waals surface area contributed by atoms with Crippen molar-refractivity contribution in [2.75, 3.05) is 0 Å². The van der Waals surface area contributed by atoms with Gasteiger partial charge in [-0.2, -0.15) is 5.10 Å². The number of aryl methyl sites for hydroxylation is 1. The van der Waals surface area contributed by atoms with Crippen LogP contribution in [0.3, 0.4) is 0 Å². The van der Waals surface area contributed by atoms with Crippen molar-refractivity contribution in [3.63, 3.8) is 0 Å². The number of aromatic nitrogens is 2. The number of hydrogen-bond acceptors (Lipinski definition) is 3. The number of para-hydroxylation sites is 1. The van der Waals surface area contributed by atoms with Crippen molar-refractivity contribution in [3.8, 4) is 0 Å². The van der Waals surface area contributed by atoms with Gasteiger partial charge >= 0.3 is 0 Å². The van der Waals surface area contributed by atoms with E-state index in [2.05, 4.69) is 36.6 Å². The highest BCUT2D eigenvalue weighted by atomic mass is 15.3. The summed E-state index contributed by atoms with van der Waals surface area (Å²) in [6.45, 7) is 2.30. The summed E-state index contributed by atoms with van der Waals surface area (Å²) in [7, 11) is 2.01. The Labute approximate surface area is 126 Å². The van der Waals surface area contributed by atoms with Crippen LogP contribution in [0.4, 0.5) is 0 Å². The molecule has 3 atom stereocenters. The van der Waals surface area contributed by atoms with Gasteiger partial charge in [0.1, 0.15) is 0 Å². The number of rotatable bonds is 4. The second-order valence-corrected chi connectivity index (χ2v) is 6.37. The molecule has 1 heterocycles. The molecule has 1 aliphatic carbocycles. The van der Waals surface area contributed by atoms with E-state index in [1.54, 1.807) is 0 Å². The Morgan fingerprint density at radius 3 is 2.95 bits per heavy atom. The topological polar surface area (TPSA) is 55.9 Å². The fourth-order valence-corrected chi connectivity index (χ4v) is 3.92. The van der Waals surface area contributed by atoms with Crippen LogP contribution < -0.4 is 11.3 Å². The van der Waals surface area contributed by atoms with Gasteiger partial charge in [-0.05, 0) is 30.7 Å². The maximum absolute atomic E-state index is 5.92. The molecule has 1 aromatic heterocycles. The van der Waals surface area contributed by atoms with Gasteiger partial charge in [0.2, 0.25) is 0 Å². The number of nitrogens with one attached hydrogen (secondary N) is 1. The molecule has 21 heavy (non-hydrogen) atoms. The van der Waals surface area contributed by atoms with Crippen molar-refractivity contribution in [2.45, 2.75) is 45.1 Å². The Balaban J connectivity index is 1.94. The van der Waals surface area contributed by atoms with Crippen LogP contribution in [0.25, 0.3) is 10.9 Å². The number of nitrogens with two attached hydrogens (primary N) is 1. The van der Waals surface area contributed by atoms with E-state index in [0.29, 0.717) is 5.92 Å². The van der Waals surface area contributed by atoms with E-state index in [9.17, 15) is 0 Å². The highest BCUT2D eigenvalue weighted by Gasteiger charge is 2.30. The molecule has 1 aromatic carbocycles. The van der Waals surface area contributed by atoms with E-state index in [1.165, 1.54) is 43.0 Å². The zero-order valence-corrected chi connectivity index (χ0v) is 13.0. The van der Waals surface area contributed by atoms with E-state index in [-0.39, 0.29) is 6.04 Å². The fraction of sp³-hybridized carbons (Fsp3) is 0.588. The van der Waals surface area contributed by atoms with Gasteiger partial charge in [-0.3, -0.25) is 16.0 Å². The van der Waals surface area contributed by atoms with Crippen LogP contribution in [0.1, 0.15) is 50.8 Å². The molecule has 3 unspecified atom stereocenters. The lowest BCUT2D eigenvalue weighted by Crippen LogP contribution is -2.36. The van der Waals surface area contributed by atoms with Gasteiger partial charge in [0, 0.05) is 12.4 Å². The van der Waals surface area contributed by atoms with Crippen LogP contribution in [0.5, 0.6) is 0 Å². The normalized spacial score (nSPS) is 24.3. The van der Waals surface area contributed by atoms with E-state index in [4.69, 9.17) is 10.9 Å². The SMILES string of the molecule is CCC1CCCC(C(NN)c2nn(C)c3ccccc23)C1. The zero-order chi connectivity index (χ0) is 14.8. The average Bonchev–Trinajstić information content (AvgIpc) is 2.86. The molecular weight excluding hydrogens is 260 g/mol. The Morgan fingerprint density at radius 2 is 2.19 bits per heavy atom. The average molecular weight is 286 g/mol. The molecule has 1 fully saturated rings. The molecule has 0 aliphatic heterocycles. The first-order valence-electron chi connectivity index (χ1n) is 8.12. The van der Waals surface area contributed by atoms with Gasteiger partial charge < -0.3 is 0 Å². The van der Waals surface area contributed by atoms with Gasteiger partial charge in [-0.1, -0.05) is 44.4 Å². The molecule has 0 bridgehead atoms. The maximum Gasteiger partial charge on any atom is 0.0888 e. The highest BCUT2D eigenvalue weighted by Crippen LogP contribution is 2.39. The summed E-state index contributed by atoms with van der Waals surface area (Å²) in [5.74, 6) is 7.36. The van der Waals surface area contributed by atoms with Crippen LogP contribution in [0.2, 0.25) is 0 Å². The zero-order valence-electron chi connectivity index (χ0n) is 13.0. The van der Waals surface area contributed by atoms with E-state index < -0.39 is 0 Å². The number of hydrazine groups is 1. The Bertz CT molecular complexity index is 604. The highest BCUT2D eigenvalue weighted by molar-refractivity contribution is 5.82. The standard InChI is InChI=1S/C17H26N4/c1-3-12-7-6-8-13(11-12)16(19-18)17-14-9-4-5-10-15(14)21(2)20-17/h4-5,9-10,12-13,16,19H,3,6-8,11,18H2,1-2H3. The summed E-state index contributed by atoms with van der Waals surface area (Å²) in [4.78, 5) is 0. The summed E-state index contributed by atoms with van der Waals surface area (Å²) < 4.78 is 1.97. The second-order valence-electron chi connectivity index (χ2n) is 6.37. The van der Waals surface area contributed by atoms with Crippen molar-refractivity contribution in [2.24, 2.45) is 24.7 Å². The molecule has 114 valence electrons. The van der Waals surface area contributed by atoms with Crippen molar-refractivity contribution in [1.29, 1.82) is 0 Å². The predicted molar refractivity (Wildman–Crippen MR) is 86.5 cm³/mol. The predicted octanol–water partition coefficient (Wildman–Crippen LogP) is 3.29. The van der Waals surface area contributed by atoms with Crippen LogP contribution in [-0.4, -0.2) is 9.78 Å². The smallest absolute Gasteiger partial charge is 0.0888 e. The number of benzene rings is 1. The molecule has 4 nitrogen and oxygen atoms in total. The van der Waals surface area contributed by atoms with E-state index >= 15 is 0 Å². The molecule has 0 spiro atoms. The van der Waals surface area contributed by atoms with Crippen LogP contribution in [0.15, 0.2) is 24.3 Å². The van der Waals surface area contributed by atoms with Crippen LogP contribution >= 0.6 is 0 Å². The summed E-state index contributed by atoms with van der Waals surface area (Å²) in [6.07, 6.45) is 6.46. The fourth-order valence-electron chi connectivity index (χ4n) is 3.92. The largest absolute Gasteiger partial charge is 0.271 e. The first kappa shape index (κ1) is 14.5. The molecular formula is C17H26N4. The molecule has 3 N–H and O–H groups in total. The number of fused-ring (bicyclic) bond motifs is 1. The summed E-state index contributed by atoms with van der Waals surface area (Å²) in [5, 5.41) is 5.98. The second kappa shape index (κ2) is 6.16. The lowest BCUT2D eigenvalue weighted by atomic mass is 9.76. The first-order valence-corrected chi connectivity index (χ1v) is 8.12. The third-order valence-electron chi connectivity index (χ3n) is 5.13. The van der Waals surface area contributed by atoms with Crippen LogP contribution in [0, 0.1) is 11.8 Å². The monoisotopic (exact) mass is 286 g/mol. The molecule has 0 saturated heterocycles. The van der Waals surface area contributed by atoms with E-state index in [1.807, 2.05) is 11.7 Å². The quantitative estimate of drug-likeness (QED) is 0.670. The molecule has 4 heteroatoms. The maximum atomic E-state index is 5.92. The first-order chi connectivity index (χ1) is 10.2. The molecule has 0 radical (unpaired) electrons. The number of nitrogens with zero attached hydrogens (tertiary/aromatic N) is 2. The molecule has 2 aromatic rings. The van der Waals surface area contributed by atoms with E-state index in [0.717, 1.165) is 11.6 Å².